The number of hydrogen-bond acceptors (Lipinski definition) is 5. The molecular formula is C18H18N2O4S. The van der Waals surface area contributed by atoms with E-state index in [1.54, 1.807) is 48.2 Å². The molecule has 0 heterocycles. The number of carbonyl (C=O) groups excluding carboxylic acids is 3. The van der Waals surface area contributed by atoms with E-state index < -0.39 is 18.5 Å². The summed E-state index contributed by atoms with van der Waals surface area (Å²) in [6, 6.07) is 15.8. The molecule has 0 radical (unpaired) electrons. The molecule has 2 N–H and O–H groups in total. The summed E-state index contributed by atoms with van der Waals surface area (Å²) in [5.74, 6) is -1.51. The fraction of sp³-hybridized carbons (Fsp3) is 0.167. The van der Waals surface area contributed by atoms with Gasteiger partial charge in [-0.3, -0.25) is 14.4 Å². The van der Waals surface area contributed by atoms with Crippen LogP contribution in [0.3, 0.4) is 0 Å². The molecule has 0 saturated heterocycles. The SMILES string of the molecule is CSc1cccc(NC(=O)COC(=O)CNC(=O)c2ccccc2)c1. The third-order valence-corrected chi connectivity index (χ3v) is 3.87. The highest BCUT2D eigenvalue weighted by molar-refractivity contribution is 7.98. The van der Waals surface area contributed by atoms with Crippen LogP contribution in [0, 0.1) is 0 Å². The Balaban J connectivity index is 1.72. The summed E-state index contributed by atoms with van der Waals surface area (Å²) in [5, 5.41) is 5.09. The van der Waals surface area contributed by atoms with E-state index in [-0.39, 0.29) is 12.5 Å². The second-order valence-corrected chi connectivity index (χ2v) is 5.87. The Morgan fingerprint density at radius 2 is 1.80 bits per heavy atom. The number of ether oxygens (including phenoxy) is 1. The van der Waals surface area contributed by atoms with Crippen molar-refractivity contribution in [3.63, 3.8) is 0 Å². The zero-order chi connectivity index (χ0) is 18.1. The van der Waals surface area contributed by atoms with Crippen LogP contribution in [0.2, 0.25) is 0 Å². The third-order valence-electron chi connectivity index (χ3n) is 3.15. The number of rotatable bonds is 7. The maximum absolute atomic E-state index is 11.8. The van der Waals surface area contributed by atoms with Crippen molar-refractivity contribution in [3.8, 4) is 0 Å². The van der Waals surface area contributed by atoms with E-state index in [0.717, 1.165) is 4.90 Å². The number of amides is 2. The average molecular weight is 358 g/mol. The van der Waals surface area contributed by atoms with Crippen molar-refractivity contribution >= 4 is 35.2 Å². The van der Waals surface area contributed by atoms with Gasteiger partial charge in [-0.05, 0) is 36.6 Å². The summed E-state index contributed by atoms with van der Waals surface area (Å²) in [6.07, 6.45) is 1.94. The Hall–Kier alpha value is -2.80. The maximum Gasteiger partial charge on any atom is 0.325 e. The highest BCUT2D eigenvalue weighted by atomic mass is 32.2. The van der Waals surface area contributed by atoms with Crippen LogP contribution in [0.15, 0.2) is 59.5 Å². The van der Waals surface area contributed by atoms with Crippen LogP contribution < -0.4 is 10.6 Å². The lowest BCUT2D eigenvalue weighted by molar-refractivity contribution is -0.146. The van der Waals surface area contributed by atoms with Gasteiger partial charge in [-0.2, -0.15) is 0 Å². The molecule has 7 heteroatoms. The first-order chi connectivity index (χ1) is 12.1. The van der Waals surface area contributed by atoms with Crippen LogP contribution in [-0.2, 0) is 14.3 Å². The Labute approximate surface area is 149 Å². The average Bonchev–Trinajstić information content (AvgIpc) is 2.65. The zero-order valence-electron chi connectivity index (χ0n) is 13.7. The van der Waals surface area contributed by atoms with Crippen LogP contribution >= 0.6 is 11.8 Å². The van der Waals surface area contributed by atoms with Crippen molar-refractivity contribution in [2.75, 3.05) is 24.7 Å². The van der Waals surface area contributed by atoms with E-state index in [9.17, 15) is 14.4 Å². The standard InChI is InChI=1S/C18H18N2O4S/c1-25-15-9-5-8-14(10-15)20-16(21)12-24-17(22)11-19-18(23)13-6-3-2-4-7-13/h2-10H,11-12H2,1H3,(H,19,23)(H,20,21). The number of hydrogen-bond donors (Lipinski definition) is 2. The van der Waals surface area contributed by atoms with E-state index in [1.165, 1.54) is 0 Å². The summed E-state index contributed by atoms with van der Waals surface area (Å²) in [7, 11) is 0. The molecule has 0 saturated carbocycles. The normalized spacial score (nSPS) is 9.96. The molecular weight excluding hydrogens is 340 g/mol. The second kappa shape index (κ2) is 9.48. The summed E-state index contributed by atoms with van der Waals surface area (Å²) < 4.78 is 4.85. The van der Waals surface area contributed by atoms with Crippen LogP contribution in [-0.4, -0.2) is 37.2 Å². The molecule has 25 heavy (non-hydrogen) atoms. The van der Waals surface area contributed by atoms with Gasteiger partial charge in [-0.25, -0.2) is 0 Å². The van der Waals surface area contributed by atoms with E-state index in [0.29, 0.717) is 11.3 Å². The molecule has 0 aliphatic carbocycles. The number of nitrogens with one attached hydrogen (secondary N) is 2. The highest BCUT2D eigenvalue weighted by Gasteiger charge is 2.10. The molecule has 0 bridgehead atoms. The molecule has 0 fully saturated rings. The van der Waals surface area contributed by atoms with Crippen LogP contribution in [0.5, 0.6) is 0 Å². The number of anilines is 1. The van der Waals surface area contributed by atoms with Gasteiger partial charge in [0.05, 0.1) is 0 Å². The minimum Gasteiger partial charge on any atom is -0.454 e. The van der Waals surface area contributed by atoms with E-state index in [4.69, 9.17) is 4.74 Å². The largest absolute Gasteiger partial charge is 0.454 e. The van der Waals surface area contributed by atoms with Gasteiger partial charge in [0.2, 0.25) is 0 Å². The van der Waals surface area contributed by atoms with Crippen molar-refractivity contribution < 1.29 is 19.1 Å². The molecule has 2 rings (SSSR count). The minimum atomic E-state index is -0.683. The molecule has 2 amide bonds. The van der Waals surface area contributed by atoms with Crippen molar-refractivity contribution in [3.05, 3.63) is 60.2 Å². The molecule has 0 atom stereocenters. The maximum atomic E-state index is 11.8. The molecule has 2 aromatic rings. The predicted octanol–water partition coefficient (Wildman–Crippen LogP) is 2.32. The summed E-state index contributed by atoms with van der Waals surface area (Å²) in [4.78, 5) is 36.2. The molecule has 2 aromatic carbocycles. The number of benzene rings is 2. The molecule has 0 aliphatic heterocycles. The molecule has 0 aromatic heterocycles. The van der Waals surface area contributed by atoms with E-state index >= 15 is 0 Å². The Morgan fingerprint density at radius 1 is 1.04 bits per heavy atom. The quantitative estimate of drug-likeness (QED) is 0.586. The third kappa shape index (κ3) is 6.31. The van der Waals surface area contributed by atoms with E-state index in [1.807, 2.05) is 24.5 Å². The van der Waals surface area contributed by atoms with Gasteiger partial charge in [0, 0.05) is 16.1 Å². The first-order valence-corrected chi connectivity index (χ1v) is 8.74. The van der Waals surface area contributed by atoms with Gasteiger partial charge < -0.3 is 15.4 Å². The first kappa shape index (κ1) is 18.5. The first-order valence-electron chi connectivity index (χ1n) is 7.51. The number of thioether (sulfide) groups is 1. The topological polar surface area (TPSA) is 84.5 Å². The lowest BCUT2D eigenvalue weighted by atomic mass is 10.2. The van der Waals surface area contributed by atoms with Crippen LogP contribution in [0.1, 0.15) is 10.4 Å². The summed E-state index contributed by atoms with van der Waals surface area (Å²) in [6.45, 7) is -0.716. The molecule has 0 unspecified atom stereocenters. The Kier molecular flexibility index (Phi) is 7.03. The lowest BCUT2D eigenvalue weighted by Crippen LogP contribution is -2.32. The van der Waals surface area contributed by atoms with Gasteiger partial charge in [0.25, 0.3) is 11.8 Å². The van der Waals surface area contributed by atoms with Gasteiger partial charge in [-0.15, -0.1) is 11.8 Å². The fourth-order valence-corrected chi connectivity index (χ4v) is 2.40. The molecule has 130 valence electrons. The summed E-state index contributed by atoms with van der Waals surface area (Å²) >= 11 is 1.56. The van der Waals surface area contributed by atoms with Crippen molar-refractivity contribution in [1.29, 1.82) is 0 Å². The van der Waals surface area contributed by atoms with Crippen LogP contribution in [0.25, 0.3) is 0 Å². The second-order valence-electron chi connectivity index (χ2n) is 4.99. The predicted molar refractivity (Wildman–Crippen MR) is 96.6 cm³/mol. The van der Waals surface area contributed by atoms with Gasteiger partial charge in [0.15, 0.2) is 6.61 Å². The lowest BCUT2D eigenvalue weighted by Gasteiger charge is -2.08. The fourth-order valence-electron chi connectivity index (χ4n) is 1.94. The van der Waals surface area contributed by atoms with Gasteiger partial charge >= 0.3 is 5.97 Å². The Morgan fingerprint density at radius 3 is 2.52 bits per heavy atom. The molecule has 0 spiro atoms. The minimum absolute atomic E-state index is 0.303. The zero-order valence-corrected chi connectivity index (χ0v) is 14.5. The monoisotopic (exact) mass is 358 g/mol. The molecule has 0 aliphatic rings. The number of carbonyl (C=O) groups is 3. The van der Waals surface area contributed by atoms with Crippen molar-refractivity contribution in [2.45, 2.75) is 4.90 Å². The smallest absolute Gasteiger partial charge is 0.325 e. The number of esters is 1. The highest BCUT2D eigenvalue weighted by Crippen LogP contribution is 2.18. The molecule has 6 nitrogen and oxygen atoms in total. The van der Waals surface area contributed by atoms with Crippen molar-refractivity contribution in [2.24, 2.45) is 0 Å². The van der Waals surface area contributed by atoms with E-state index in [2.05, 4.69) is 10.6 Å². The summed E-state index contributed by atoms with van der Waals surface area (Å²) in [5.41, 5.74) is 1.08. The Bertz CT molecular complexity index is 750. The van der Waals surface area contributed by atoms with Gasteiger partial charge in [-0.1, -0.05) is 24.3 Å². The van der Waals surface area contributed by atoms with Gasteiger partial charge in [0.1, 0.15) is 6.54 Å². The van der Waals surface area contributed by atoms with Crippen LogP contribution in [0.4, 0.5) is 5.69 Å². The van der Waals surface area contributed by atoms with Crippen molar-refractivity contribution in [1.82, 2.24) is 5.32 Å².